The molecule has 0 saturated carbocycles. The summed E-state index contributed by atoms with van der Waals surface area (Å²) < 4.78 is 1.79. The van der Waals surface area contributed by atoms with Crippen LogP contribution in [0, 0.1) is 6.92 Å². The Morgan fingerprint density at radius 2 is 2.27 bits per heavy atom. The van der Waals surface area contributed by atoms with Crippen LogP contribution in [0.25, 0.3) is 5.82 Å². The maximum atomic E-state index is 4.32. The molecule has 0 saturated heterocycles. The van der Waals surface area contributed by atoms with E-state index in [1.807, 2.05) is 38.4 Å². The molecule has 2 aromatic heterocycles. The normalized spacial score (nSPS) is 10.5. The van der Waals surface area contributed by atoms with Crippen molar-refractivity contribution in [2.45, 2.75) is 13.5 Å². The lowest BCUT2D eigenvalue weighted by Crippen LogP contribution is -2.06. The van der Waals surface area contributed by atoms with Crippen LogP contribution in [0.3, 0.4) is 0 Å². The highest BCUT2D eigenvalue weighted by Gasteiger charge is 2.00. The number of aromatic nitrogens is 3. The van der Waals surface area contributed by atoms with E-state index in [2.05, 4.69) is 15.4 Å². The maximum absolute atomic E-state index is 4.32. The Bertz CT molecular complexity index is 447. The molecule has 4 heteroatoms. The third kappa shape index (κ3) is 2.22. The van der Waals surface area contributed by atoms with Gasteiger partial charge in [-0.05, 0) is 37.7 Å². The fourth-order valence-electron chi connectivity index (χ4n) is 1.44. The molecule has 2 rings (SSSR count). The van der Waals surface area contributed by atoms with Crippen LogP contribution in [0.4, 0.5) is 0 Å². The zero-order valence-electron chi connectivity index (χ0n) is 8.94. The molecule has 4 nitrogen and oxygen atoms in total. The van der Waals surface area contributed by atoms with Gasteiger partial charge >= 0.3 is 0 Å². The van der Waals surface area contributed by atoms with Crippen LogP contribution in [0.1, 0.15) is 11.3 Å². The van der Waals surface area contributed by atoms with E-state index < -0.39 is 0 Å². The molecule has 2 heterocycles. The summed E-state index contributed by atoms with van der Waals surface area (Å²) in [6.07, 6.45) is 3.72. The van der Waals surface area contributed by atoms with Crippen molar-refractivity contribution in [3.63, 3.8) is 0 Å². The monoisotopic (exact) mass is 202 g/mol. The molecule has 0 spiro atoms. The number of aryl methyl sites for hydroxylation is 1. The molecule has 0 atom stereocenters. The average Bonchev–Trinajstić information content (AvgIpc) is 2.66. The predicted octanol–water partition coefficient (Wildman–Crippen LogP) is 1.30. The van der Waals surface area contributed by atoms with Crippen LogP contribution in [0.2, 0.25) is 0 Å². The van der Waals surface area contributed by atoms with Crippen LogP contribution >= 0.6 is 0 Å². The van der Waals surface area contributed by atoms with Gasteiger partial charge in [0.1, 0.15) is 0 Å². The second-order valence-corrected chi connectivity index (χ2v) is 3.45. The lowest BCUT2D eigenvalue weighted by Gasteiger charge is -2.03. The summed E-state index contributed by atoms with van der Waals surface area (Å²) in [4.78, 5) is 4.28. The van der Waals surface area contributed by atoms with E-state index in [9.17, 15) is 0 Å². The van der Waals surface area contributed by atoms with Gasteiger partial charge in [0, 0.05) is 18.9 Å². The largest absolute Gasteiger partial charge is 0.316 e. The van der Waals surface area contributed by atoms with Gasteiger partial charge < -0.3 is 5.32 Å². The molecular formula is C11H14N4. The van der Waals surface area contributed by atoms with Gasteiger partial charge in [-0.3, -0.25) is 0 Å². The molecule has 0 unspecified atom stereocenters. The smallest absolute Gasteiger partial charge is 0.153 e. The van der Waals surface area contributed by atoms with E-state index in [4.69, 9.17) is 0 Å². The number of rotatable bonds is 3. The molecule has 0 fully saturated rings. The van der Waals surface area contributed by atoms with Crippen LogP contribution in [0.15, 0.2) is 30.6 Å². The van der Waals surface area contributed by atoms with Crippen molar-refractivity contribution in [1.29, 1.82) is 0 Å². The van der Waals surface area contributed by atoms with Crippen molar-refractivity contribution in [3.8, 4) is 5.82 Å². The van der Waals surface area contributed by atoms with Crippen molar-refractivity contribution in [1.82, 2.24) is 20.1 Å². The average molecular weight is 202 g/mol. The molecular weight excluding hydrogens is 188 g/mol. The Morgan fingerprint density at radius 3 is 2.93 bits per heavy atom. The molecule has 0 aromatic carbocycles. The Hall–Kier alpha value is -1.68. The van der Waals surface area contributed by atoms with E-state index in [1.165, 1.54) is 5.56 Å². The highest BCUT2D eigenvalue weighted by molar-refractivity contribution is 5.27. The summed E-state index contributed by atoms with van der Waals surface area (Å²) in [7, 11) is 1.93. The Labute approximate surface area is 89.0 Å². The molecule has 0 aliphatic rings. The van der Waals surface area contributed by atoms with E-state index in [-0.39, 0.29) is 0 Å². The quantitative estimate of drug-likeness (QED) is 0.815. The van der Waals surface area contributed by atoms with Gasteiger partial charge in [0.25, 0.3) is 0 Å². The second-order valence-electron chi connectivity index (χ2n) is 3.45. The number of hydrogen-bond donors (Lipinski definition) is 1. The Balaban J connectivity index is 2.32. The van der Waals surface area contributed by atoms with E-state index in [1.54, 1.807) is 10.9 Å². The topological polar surface area (TPSA) is 42.7 Å². The molecule has 0 aliphatic heterocycles. The minimum Gasteiger partial charge on any atom is -0.316 e. The summed E-state index contributed by atoms with van der Waals surface area (Å²) in [5, 5.41) is 7.43. The van der Waals surface area contributed by atoms with Crippen molar-refractivity contribution in [2.24, 2.45) is 0 Å². The second kappa shape index (κ2) is 4.23. The van der Waals surface area contributed by atoms with Gasteiger partial charge in [0.2, 0.25) is 0 Å². The lowest BCUT2D eigenvalue weighted by atomic mass is 10.2. The van der Waals surface area contributed by atoms with E-state index in [0.29, 0.717) is 0 Å². The van der Waals surface area contributed by atoms with Gasteiger partial charge in [-0.1, -0.05) is 0 Å². The summed E-state index contributed by atoms with van der Waals surface area (Å²) in [6, 6.07) is 5.99. The van der Waals surface area contributed by atoms with Crippen LogP contribution in [-0.2, 0) is 6.54 Å². The van der Waals surface area contributed by atoms with Crippen molar-refractivity contribution in [3.05, 3.63) is 41.9 Å². The van der Waals surface area contributed by atoms with Crippen LogP contribution < -0.4 is 5.32 Å². The maximum Gasteiger partial charge on any atom is 0.153 e. The number of nitrogens with one attached hydrogen (secondary N) is 1. The highest BCUT2D eigenvalue weighted by Crippen LogP contribution is 2.06. The minimum absolute atomic E-state index is 0.843. The fraction of sp³-hybridized carbons (Fsp3) is 0.273. The third-order valence-electron chi connectivity index (χ3n) is 2.15. The molecule has 0 amide bonds. The van der Waals surface area contributed by atoms with E-state index in [0.717, 1.165) is 18.1 Å². The zero-order valence-corrected chi connectivity index (χ0v) is 8.94. The summed E-state index contributed by atoms with van der Waals surface area (Å²) in [6.45, 7) is 2.81. The first-order valence-corrected chi connectivity index (χ1v) is 4.92. The molecule has 15 heavy (non-hydrogen) atoms. The fourth-order valence-corrected chi connectivity index (χ4v) is 1.44. The predicted molar refractivity (Wildman–Crippen MR) is 58.9 cm³/mol. The number of pyridine rings is 1. The van der Waals surface area contributed by atoms with Gasteiger partial charge in [-0.25, -0.2) is 9.67 Å². The lowest BCUT2D eigenvalue weighted by molar-refractivity contribution is 0.797. The Morgan fingerprint density at radius 1 is 1.40 bits per heavy atom. The Kier molecular flexibility index (Phi) is 2.78. The van der Waals surface area contributed by atoms with Crippen LogP contribution in [0.5, 0.6) is 0 Å². The summed E-state index contributed by atoms with van der Waals surface area (Å²) in [5.74, 6) is 0.857. The minimum atomic E-state index is 0.843. The first kappa shape index (κ1) is 9.86. The highest BCUT2D eigenvalue weighted by atomic mass is 15.3. The number of hydrogen-bond acceptors (Lipinski definition) is 3. The van der Waals surface area contributed by atoms with Gasteiger partial charge in [-0.2, -0.15) is 5.10 Å². The SMILES string of the molecule is CNCc1ccnc(-n2ccc(C)n2)c1. The van der Waals surface area contributed by atoms with Crippen LogP contribution in [-0.4, -0.2) is 21.8 Å². The standard InChI is InChI=1S/C11H14N4/c1-9-4-6-15(14-9)11-7-10(8-12-2)3-5-13-11/h3-7,12H,8H2,1-2H3. The van der Waals surface area contributed by atoms with Gasteiger partial charge in [-0.15, -0.1) is 0 Å². The molecule has 0 radical (unpaired) electrons. The number of nitrogens with zero attached hydrogens (tertiary/aromatic N) is 3. The third-order valence-corrected chi connectivity index (χ3v) is 2.15. The first-order valence-electron chi connectivity index (χ1n) is 4.92. The van der Waals surface area contributed by atoms with Crippen molar-refractivity contribution in [2.75, 3.05) is 7.05 Å². The molecule has 78 valence electrons. The molecule has 2 aromatic rings. The molecule has 0 aliphatic carbocycles. The molecule has 1 N–H and O–H groups in total. The summed E-state index contributed by atoms with van der Waals surface area (Å²) >= 11 is 0. The zero-order chi connectivity index (χ0) is 10.7. The van der Waals surface area contributed by atoms with Gasteiger partial charge in [0.15, 0.2) is 5.82 Å². The summed E-state index contributed by atoms with van der Waals surface area (Å²) in [5.41, 5.74) is 2.20. The first-order chi connectivity index (χ1) is 7.29. The van der Waals surface area contributed by atoms with Crippen molar-refractivity contribution < 1.29 is 0 Å². The molecule has 0 bridgehead atoms. The van der Waals surface area contributed by atoms with Gasteiger partial charge in [0.05, 0.1) is 5.69 Å². The van der Waals surface area contributed by atoms with E-state index >= 15 is 0 Å². The van der Waals surface area contributed by atoms with Crippen molar-refractivity contribution >= 4 is 0 Å².